The number of amides is 1. The summed E-state index contributed by atoms with van der Waals surface area (Å²) in [6.07, 6.45) is 1.30. The maximum Gasteiger partial charge on any atom is 0.221 e. The van der Waals surface area contributed by atoms with Crippen molar-refractivity contribution in [1.82, 2.24) is 5.43 Å². The van der Waals surface area contributed by atoms with Crippen molar-refractivity contribution in [1.29, 1.82) is 0 Å². The van der Waals surface area contributed by atoms with Crippen LogP contribution in [0.3, 0.4) is 0 Å². The largest absolute Gasteiger partial charge is 0.368 e. The molecule has 0 fully saturated rings. The van der Waals surface area contributed by atoms with E-state index < -0.39 is 0 Å². The van der Waals surface area contributed by atoms with Crippen LogP contribution >= 0.6 is 0 Å². The summed E-state index contributed by atoms with van der Waals surface area (Å²) < 4.78 is 14.1. The third-order valence-electron chi connectivity index (χ3n) is 4.06. The van der Waals surface area contributed by atoms with Crippen LogP contribution in [0.25, 0.3) is 0 Å². The zero-order chi connectivity index (χ0) is 19.7. The van der Waals surface area contributed by atoms with Gasteiger partial charge in [-0.25, -0.2) is 16.1 Å². The Bertz CT molecular complexity index is 701. The van der Waals surface area contributed by atoms with Gasteiger partial charge >= 0.3 is 0 Å². The minimum atomic E-state index is -0.163. The summed E-state index contributed by atoms with van der Waals surface area (Å²) in [7, 11) is 3.80. The number of hydrazine groups is 2. The maximum atomic E-state index is 14.1. The fourth-order valence-electron chi connectivity index (χ4n) is 2.77. The summed E-state index contributed by atoms with van der Waals surface area (Å²) in [6, 6.07) is 11.3. The van der Waals surface area contributed by atoms with E-state index in [-0.39, 0.29) is 13.2 Å². The molecule has 2 aromatic carbocycles. The predicted molar refractivity (Wildman–Crippen MR) is 112 cm³/mol. The molecule has 2 rings (SSSR count). The first-order valence-corrected chi connectivity index (χ1v) is 8.32. The van der Waals surface area contributed by atoms with E-state index in [1.54, 1.807) is 16.5 Å². The van der Waals surface area contributed by atoms with Crippen LogP contribution in [0.1, 0.15) is 31.0 Å². The molecule has 0 aliphatic carbocycles. The lowest BCUT2D eigenvalue weighted by Crippen LogP contribution is -2.29. The number of para-hydroxylation sites is 1. The van der Waals surface area contributed by atoms with Gasteiger partial charge in [0, 0.05) is 26.2 Å². The van der Waals surface area contributed by atoms with E-state index in [0.29, 0.717) is 13.0 Å². The van der Waals surface area contributed by atoms with Crippen molar-refractivity contribution in [3.05, 3.63) is 58.9 Å². The first kappa shape index (κ1) is 24.4. The van der Waals surface area contributed by atoms with Gasteiger partial charge in [-0.15, -0.1) is 0 Å². The zero-order valence-corrected chi connectivity index (χ0v) is 15.8. The molecule has 0 spiro atoms. The van der Waals surface area contributed by atoms with Gasteiger partial charge in [-0.1, -0.05) is 38.6 Å². The van der Waals surface area contributed by atoms with Gasteiger partial charge in [0.15, 0.2) is 0 Å². The molecular weight excluding hydrogens is 345 g/mol. The molecule has 1 amide bonds. The highest BCUT2D eigenvalue weighted by Gasteiger charge is 2.16. The molecule has 150 valence electrons. The Kier molecular flexibility index (Phi) is 10.7. The average Bonchev–Trinajstić information content (AvgIpc) is 2.64. The Morgan fingerprint density at radius 1 is 1.19 bits per heavy atom. The maximum absolute atomic E-state index is 14.1. The van der Waals surface area contributed by atoms with E-state index in [9.17, 15) is 4.39 Å². The number of benzene rings is 2. The highest BCUT2D eigenvalue weighted by atomic mass is 19.1. The van der Waals surface area contributed by atoms with Crippen LogP contribution in [0.15, 0.2) is 36.4 Å². The topological polar surface area (TPSA) is 87.6 Å². The Labute approximate surface area is 161 Å². The molecule has 0 heterocycles. The van der Waals surface area contributed by atoms with Crippen LogP contribution in [0, 0.1) is 12.7 Å². The second-order valence-electron chi connectivity index (χ2n) is 5.93. The lowest BCUT2D eigenvalue weighted by Gasteiger charge is -2.28. The third kappa shape index (κ3) is 6.54. The number of carbonyl (C=O) groups excluding carboxylic acids is 1. The van der Waals surface area contributed by atoms with Gasteiger partial charge in [-0.3, -0.25) is 10.2 Å². The number of aryl methyl sites for hydroxylation is 2. The molecule has 6 nitrogen and oxygen atoms in total. The molecule has 0 saturated carbocycles. The fraction of sp³-hybridized carbons (Fsp3) is 0.350. The number of anilines is 2. The number of nitrogens with two attached hydrogens (primary N) is 2. The highest BCUT2D eigenvalue weighted by molar-refractivity contribution is 5.74. The zero-order valence-electron chi connectivity index (χ0n) is 15.8. The van der Waals surface area contributed by atoms with Gasteiger partial charge in [-0.05, 0) is 36.6 Å². The Morgan fingerprint density at radius 2 is 1.78 bits per heavy atom. The summed E-state index contributed by atoms with van der Waals surface area (Å²) >= 11 is 0. The molecule has 27 heavy (non-hydrogen) atoms. The number of carbonyl (C=O) groups is 1. The number of nitrogens with one attached hydrogen (secondary N) is 1. The molecule has 2 aromatic rings. The summed E-state index contributed by atoms with van der Waals surface area (Å²) in [5.74, 6) is 10.2. The standard InChI is InChI=1S/C18H24FN3.CH4N2O.CH4/c1-5-14-9-7-11-17(22(4)20)18(14)21(3)12-15-13(2)8-6-10-16(15)19;2-3-1-4;/h6-11H,5,12,20H2,1-4H3;1H,2H2,(H,3,4);1H4. The van der Waals surface area contributed by atoms with E-state index in [4.69, 9.17) is 10.6 Å². The Balaban J connectivity index is 0.00000123. The number of hydrogen-bond acceptors (Lipinski definition) is 5. The van der Waals surface area contributed by atoms with Crippen molar-refractivity contribution in [2.24, 2.45) is 11.7 Å². The van der Waals surface area contributed by atoms with Gasteiger partial charge in [0.1, 0.15) is 5.82 Å². The summed E-state index contributed by atoms with van der Waals surface area (Å²) in [5.41, 5.74) is 6.63. The third-order valence-corrected chi connectivity index (χ3v) is 4.06. The molecular formula is C20H32FN5O. The van der Waals surface area contributed by atoms with Crippen LogP contribution in [-0.4, -0.2) is 20.5 Å². The monoisotopic (exact) mass is 377 g/mol. The lowest BCUT2D eigenvalue weighted by atomic mass is 10.0. The summed E-state index contributed by atoms with van der Waals surface area (Å²) in [4.78, 5) is 11.0. The molecule has 0 atom stereocenters. The van der Waals surface area contributed by atoms with Crippen LogP contribution in [-0.2, 0) is 17.8 Å². The number of hydrogen-bond donors (Lipinski definition) is 3. The van der Waals surface area contributed by atoms with Crippen LogP contribution < -0.4 is 27.0 Å². The minimum absolute atomic E-state index is 0. The van der Waals surface area contributed by atoms with Crippen molar-refractivity contribution in [3.63, 3.8) is 0 Å². The Morgan fingerprint density at radius 3 is 2.26 bits per heavy atom. The normalized spacial score (nSPS) is 9.44. The lowest BCUT2D eigenvalue weighted by molar-refractivity contribution is -0.109. The van der Waals surface area contributed by atoms with Crippen molar-refractivity contribution < 1.29 is 9.18 Å². The van der Waals surface area contributed by atoms with Crippen LogP contribution in [0.2, 0.25) is 0 Å². The molecule has 0 bridgehead atoms. The number of rotatable bonds is 6. The fourth-order valence-corrected chi connectivity index (χ4v) is 2.77. The van der Waals surface area contributed by atoms with E-state index in [1.807, 2.05) is 39.2 Å². The minimum Gasteiger partial charge on any atom is -0.368 e. The van der Waals surface area contributed by atoms with Crippen molar-refractivity contribution in [2.75, 3.05) is 24.0 Å². The highest BCUT2D eigenvalue weighted by Crippen LogP contribution is 2.32. The quantitative estimate of drug-likeness (QED) is 0.312. The first-order chi connectivity index (χ1) is 12.4. The summed E-state index contributed by atoms with van der Waals surface area (Å²) in [5, 5.41) is 1.61. The smallest absolute Gasteiger partial charge is 0.221 e. The molecule has 0 aromatic heterocycles. The second-order valence-corrected chi connectivity index (χ2v) is 5.93. The first-order valence-electron chi connectivity index (χ1n) is 8.32. The summed E-state index contributed by atoms with van der Waals surface area (Å²) in [6.45, 7) is 4.56. The van der Waals surface area contributed by atoms with Gasteiger partial charge < -0.3 is 9.91 Å². The SMILES string of the molecule is C.CCc1cccc(N(C)N)c1N(C)Cc1c(C)cccc1F.NNC=O. The van der Waals surface area contributed by atoms with Crippen LogP contribution in [0.4, 0.5) is 15.8 Å². The van der Waals surface area contributed by atoms with E-state index >= 15 is 0 Å². The molecule has 0 aliphatic heterocycles. The molecule has 0 radical (unpaired) electrons. The molecule has 0 aliphatic rings. The average molecular weight is 378 g/mol. The van der Waals surface area contributed by atoms with E-state index in [1.165, 1.54) is 11.6 Å². The molecule has 7 heteroatoms. The second kappa shape index (κ2) is 11.9. The van der Waals surface area contributed by atoms with E-state index in [0.717, 1.165) is 28.9 Å². The van der Waals surface area contributed by atoms with Crippen LogP contribution in [0.5, 0.6) is 0 Å². The predicted octanol–water partition coefficient (Wildman–Crippen LogP) is 2.89. The van der Waals surface area contributed by atoms with Crippen molar-refractivity contribution in [3.8, 4) is 0 Å². The van der Waals surface area contributed by atoms with Gasteiger partial charge in [0.2, 0.25) is 6.41 Å². The molecule has 0 unspecified atom stereocenters. The van der Waals surface area contributed by atoms with E-state index in [2.05, 4.69) is 23.7 Å². The number of nitrogens with zero attached hydrogens (tertiary/aromatic N) is 2. The van der Waals surface area contributed by atoms with Gasteiger partial charge in [-0.2, -0.15) is 0 Å². The number of halogens is 1. The van der Waals surface area contributed by atoms with Gasteiger partial charge in [0.25, 0.3) is 0 Å². The van der Waals surface area contributed by atoms with Crippen molar-refractivity contribution >= 4 is 17.8 Å². The Hall–Kier alpha value is -2.64. The van der Waals surface area contributed by atoms with Crippen molar-refractivity contribution in [2.45, 2.75) is 34.2 Å². The van der Waals surface area contributed by atoms with Gasteiger partial charge in [0.05, 0.1) is 11.4 Å². The molecule has 5 N–H and O–H groups in total. The molecule has 0 saturated heterocycles.